The second-order valence-corrected chi connectivity index (χ2v) is 6.26. The van der Waals surface area contributed by atoms with Crippen molar-refractivity contribution in [1.29, 1.82) is 0 Å². The molecule has 0 spiro atoms. The summed E-state index contributed by atoms with van der Waals surface area (Å²) in [6.45, 7) is 0. The third kappa shape index (κ3) is 1.38. The summed E-state index contributed by atoms with van der Waals surface area (Å²) in [6, 6.07) is 0.155. The zero-order valence-electron chi connectivity index (χ0n) is 7.07. The third-order valence-corrected chi connectivity index (χ3v) is 5.05. The van der Waals surface area contributed by atoms with E-state index >= 15 is 0 Å². The Bertz CT molecular complexity index is 257. The minimum atomic E-state index is -2.67. The maximum atomic E-state index is 10.9. The Kier molecular flexibility index (Phi) is 1.92. The van der Waals surface area contributed by atoms with Gasteiger partial charge in [0.15, 0.2) is 9.84 Å². The SMILES string of the molecule is NC(C1CCC1)C1CS(=O)(=O)C1. The van der Waals surface area contributed by atoms with Crippen molar-refractivity contribution in [3.8, 4) is 0 Å². The first-order valence-corrected chi connectivity index (χ1v) is 6.37. The quantitative estimate of drug-likeness (QED) is 0.673. The molecule has 4 heteroatoms. The summed E-state index contributed by atoms with van der Waals surface area (Å²) >= 11 is 0. The minimum Gasteiger partial charge on any atom is -0.327 e. The topological polar surface area (TPSA) is 60.2 Å². The van der Waals surface area contributed by atoms with Crippen LogP contribution in [0.15, 0.2) is 0 Å². The van der Waals surface area contributed by atoms with Gasteiger partial charge in [-0.2, -0.15) is 0 Å². The van der Waals surface area contributed by atoms with Crippen molar-refractivity contribution in [3.63, 3.8) is 0 Å². The van der Waals surface area contributed by atoms with E-state index in [2.05, 4.69) is 0 Å². The molecular weight excluding hydrogens is 174 g/mol. The van der Waals surface area contributed by atoms with E-state index in [1.165, 1.54) is 19.3 Å². The summed E-state index contributed by atoms with van der Waals surface area (Å²) in [6.07, 6.45) is 3.69. The van der Waals surface area contributed by atoms with Gasteiger partial charge < -0.3 is 5.73 Å². The molecule has 2 aliphatic rings. The highest BCUT2D eigenvalue weighted by Crippen LogP contribution is 2.35. The van der Waals surface area contributed by atoms with E-state index in [1.54, 1.807) is 0 Å². The molecule has 1 saturated carbocycles. The molecule has 0 aromatic rings. The molecule has 2 rings (SSSR count). The van der Waals surface area contributed by atoms with Gasteiger partial charge in [-0.15, -0.1) is 0 Å². The summed E-state index contributed by atoms with van der Waals surface area (Å²) in [5.41, 5.74) is 5.94. The number of nitrogens with two attached hydrogens (primary N) is 1. The Hall–Kier alpha value is -0.0900. The fourth-order valence-electron chi connectivity index (χ4n) is 2.04. The fourth-order valence-corrected chi connectivity index (χ4v) is 3.69. The van der Waals surface area contributed by atoms with Crippen LogP contribution in [0.4, 0.5) is 0 Å². The van der Waals surface area contributed by atoms with E-state index in [0.29, 0.717) is 17.4 Å². The van der Waals surface area contributed by atoms with Crippen LogP contribution in [0.1, 0.15) is 19.3 Å². The van der Waals surface area contributed by atoms with Gasteiger partial charge in [-0.1, -0.05) is 6.42 Å². The lowest BCUT2D eigenvalue weighted by atomic mass is 9.76. The zero-order chi connectivity index (χ0) is 8.77. The van der Waals surface area contributed by atoms with Crippen LogP contribution in [-0.4, -0.2) is 26.0 Å². The number of hydrogen-bond donors (Lipinski definition) is 1. The van der Waals surface area contributed by atoms with Crippen molar-refractivity contribution in [3.05, 3.63) is 0 Å². The van der Waals surface area contributed by atoms with E-state index in [9.17, 15) is 8.42 Å². The monoisotopic (exact) mass is 189 g/mol. The molecule has 0 radical (unpaired) electrons. The van der Waals surface area contributed by atoms with Crippen molar-refractivity contribution >= 4 is 9.84 Å². The minimum absolute atomic E-state index is 0.155. The molecule has 70 valence electrons. The van der Waals surface area contributed by atoms with Crippen LogP contribution >= 0.6 is 0 Å². The number of rotatable bonds is 2. The van der Waals surface area contributed by atoms with Crippen LogP contribution in [0.5, 0.6) is 0 Å². The molecule has 12 heavy (non-hydrogen) atoms. The first-order valence-electron chi connectivity index (χ1n) is 4.54. The molecule has 1 aliphatic heterocycles. The lowest BCUT2D eigenvalue weighted by molar-refractivity contribution is 0.218. The second-order valence-electron chi connectivity index (χ2n) is 4.11. The Balaban J connectivity index is 1.87. The summed E-state index contributed by atoms with van der Waals surface area (Å²) in [5, 5.41) is 0. The summed E-state index contributed by atoms with van der Waals surface area (Å²) in [7, 11) is -2.67. The van der Waals surface area contributed by atoms with E-state index in [0.717, 1.165) is 0 Å². The molecule has 2 N–H and O–H groups in total. The predicted octanol–water partition coefficient (Wildman–Crippen LogP) is 0.158. The molecule has 1 aliphatic carbocycles. The average molecular weight is 189 g/mol. The normalized spacial score (nSPS) is 32.1. The van der Waals surface area contributed by atoms with Gasteiger partial charge in [0.25, 0.3) is 0 Å². The van der Waals surface area contributed by atoms with E-state index in [4.69, 9.17) is 5.73 Å². The lowest BCUT2D eigenvalue weighted by Crippen LogP contribution is -2.52. The van der Waals surface area contributed by atoms with Crippen molar-refractivity contribution in [2.75, 3.05) is 11.5 Å². The van der Waals surface area contributed by atoms with Crippen LogP contribution in [-0.2, 0) is 9.84 Å². The average Bonchev–Trinajstić information content (AvgIpc) is 1.77. The molecule has 0 aromatic carbocycles. The Labute approximate surface area is 73.2 Å². The molecule has 3 nitrogen and oxygen atoms in total. The maximum absolute atomic E-state index is 10.9. The molecule has 1 atom stereocenters. The van der Waals surface area contributed by atoms with Crippen LogP contribution in [0.25, 0.3) is 0 Å². The predicted molar refractivity (Wildman–Crippen MR) is 47.5 cm³/mol. The highest BCUT2D eigenvalue weighted by Gasteiger charge is 2.41. The van der Waals surface area contributed by atoms with Crippen LogP contribution in [0.2, 0.25) is 0 Å². The van der Waals surface area contributed by atoms with Gasteiger partial charge in [-0.3, -0.25) is 0 Å². The van der Waals surface area contributed by atoms with Gasteiger partial charge in [0.2, 0.25) is 0 Å². The van der Waals surface area contributed by atoms with E-state index < -0.39 is 9.84 Å². The van der Waals surface area contributed by atoms with Gasteiger partial charge in [0, 0.05) is 12.0 Å². The lowest BCUT2D eigenvalue weighted by Gasteiger charge is -2.39. The molecule has 0 aromatic heterocycles. The maximum Gasteiger partial charge on any atom is 0.151 e. The Morgan fingerprint density at radius 1 is 1.17 bits per heavy atom. The molecule has 2 fully saturated rings. The first kappa shape index (κ1) is 8.51. The van der Waals surface area contributed by atoms with E-state index in [-0.39, 0.29) is 12.0 Å². The number of sulfone groups is 1. The largest absolute Gasteiger partial charge is 0.327 e. The molecule has 1 saturated heterocycles. The molecule has 0 amide bonds. The van der Waals surface area contributed by atoms with Gasteiger partial charge in [0.05, 0.1) is 11.5 Å². The van der Waals surface area contributed by atoms with Crippen molar-refractivity contribution in [1.82, 2.24) is 0 Å². The standard InChI is InChI=1S/C8H15NO2S/c9-8(6-2-1-3-6)7-4-12(10,11)5-7/h6-8H,1-5,9H2. The fraction of sp³-hybridized carbons (Fsp3) is 1.00. The summed E-state index contributed by atoms with van der Waals surface area (Å²) < 4.78 is 21.8. The van der Waals surface area contributed by atoms with Gasteiger partial charge in [-0.25, -0.2) is 8.42 Å². The number of hydrogen-bond acceptors (Lipinski definition) is 3. The zero-order valence-corrected chi connectivity index (χ0v) is 7.89. The molecule has 1 heterocycles. The van der Waals surface area contributed by atoms with E-state index in [1.807, 2.05) is 0 Å². The van der Waals surface area contributed by atoms with Gasteiger partial charge in [0.1, 0.15) is 0 Å². The summed E-state index contributed by atoms with van der Waals surface area (Å²) in [4.78, 5) is 0. The highest BCUT2D eigenvalue weighted by atomic mass is 32.2. The molecular formula is C8H15NO2S. The first-order chi connectivity index (χ1) is 5.58. The van der Waals surface area contributed by atoms with Crippen LogP contribution in [0.3, 0.4) is 0 Å². The molecule has 0 bridgehead atoms. The Morgan fingerprint density at radius 3 is 2.08 bits per heavy atom. The second kappa shape index (κ2) is 2.70. The third-order valence-electron chi connectivity index (χ3n) is 3.17. The smallest absolute Gasteiger partial charge is 0.151 e. The summed E-state index contributed by atoms with van der Waals surface area (Å²) in [5.74, 6) is 1.56. The van der Waals surface area contributed by atoms with Crippen molar-refractivity contribution < 1.29 is 8.42 Å². The molecule has 1 unspecified atom stereocenters. The van der Waals surface area contributed by atoms with Crippen LogP contribution < -0.4 is 5.73 Å². The Morgan fingerprint density at radius 2 is 1.75 bits per heavy atom. The van der Waals surface area contributed by atoms with Gasteiger partial charge >= 0.3 is 0 Å². The van der Waals surface area contributed by atoms with Crippen LogP contribution in [0, 0.1) is 11.8 Å². The van der Waals surface area contributed by atoms with Gasteiger partial charge in [-0.05, 0) is 18.8 Å². The van der Waals surface area contributed by atoms with Crippen molar-refractivity contribution in [2.24, 2.45) is 17.6 Å². The highest BCUT2D eigenvalue weighted by molar-refractivity contribution is 7.92. The van der Waals surface area contributed by atoms with Crippen molar-refractivity contribution in [2.45, 2.75) is 25.3 Å².